The molecule has 1 aromatic carbocycles. The van der Waals surface area contributed by atoms with Crippen molar-refractivity contribution in [2.24, 2.45) is 0 Å². The summed E-state index contributed by atoms with van der Waals surface area (Å²) in [5.74, 6) is 2.03. The number of aliphatic hydroxyl groups excluding tert-OH is 1. The van der Waals surface area contributed by atoms with Crippen molar-refractivity contribution in [3.05, 3.63) is 47.5 Å². The number of hydrogen-bond acceptors (Lipinski definition) is 4. The first kappa shape index (κ1) is 18.5. The van der Waals surface area contributed by atoms with Gasteiger partial charge in [0.15, 0.2) is 0 Å². The molecule has 0 bridgehead atoms. The first-order valence-electron chi connectivity index (χ1n) is 9.29. The topological polar surface area (TPSA) is 67.6 Å². The normalized spacial score (nSPS) is 15.3. The van der Waals surface area contributed by atoms with Gasteiger partial charge in [0.1, 0.15) is 11.6 Å². The zero-order valence-electron chi connectivity index (χ0n) is 15.5. The number of aliphatic hydroxyl groups is 1. The Hall–Kier alpha value is -2.34. The van der Waals surface area contributed by atoms with E-state index in [1.54, 1.807) is 0 Å². The SMILES string of the molecule is CCOc1ccccc1C(=O)N1CCC(c2ncc(C)n2CCO)CC1. The molecule has 0 saturated carbocycles. The van der Waals surface area contributed by atoms with Crippen molar-refractivity contribution in [3.8, 4) is 5.75 Å². The molecule has 0 atom stereocenters. The second kappa shape index (κ2) is 8.36. The molecule has 1 aromatic heterocycles. The van der Waals surface area contributed by atoms with E-state index in [2.05, 4.69) is 9.55 Å². The standard InChI is InChI=1S/C20H27N3O3/c1-3-26-18-7-5-4-6-17(18)20(25)22-10-8-16(9-11-22)19-21-14-15(2)23(19)12-13-24/h4-7,14,16,24H,3,8-13H2,1-2H3. The second-order valence-corrected chi connectivity index (χ2v) is 6.63. The number of para-hydroxylation sites is 1. The van der Waals surface area contributed by atoms with Crippen LogP contribution < -0.4 is 4.74 Å². The largest absolute Gasteiger partial charge is 0.493 e. The van der Waals surface area contributed by atoms with Crippen LogP contribution in [-0.4, -0.2) is 51.8 Å². The van der Waals surface area contributed by atoms with Crippen LogP contribution in [-0.2, 0) is 6.54 Å². The van der Waals surface area contributed by atoms with Crippen LogP contribution in [0.1, 0.15) is 47.6 Å². The van der Waals surface area contributed by atoms with Gasteiger partial charge in [0.05, 0.1) is 18.8 Å². The lowest BCUT2D eigenvalue weighted by Crippen LogP contribution is -2.38. The lowest BCUT2D eigenvalue weighted by Gasteiger charge is -2.32. The van der Waals surface area contributed by atoms with Gasteiger partial charge in [-0.15, -0.1) is 0 Å². The third-order valence-corrected chi connectivity index (χ3v) is 4.97. The van der Waals surface area contributed by atoms with Crippen molar-refractivity contribution in [1.29, 1.82) is 0 Å². The molecule has 0 aliphatic carbocycles. The van der Waals surface area contributed by atoms with Gasteiger partial charge in [0.25, 0.3) is 5.91 Å². The number of hydrogen-bond donors (Lipinski definition) is 1. The molecule has 0 radical (unpaired) electrons. The molecule has 1 aliphatic heterocycles. The fraction of sp³-hybridized carbons (Fsp3) is 0.500. The van der Waals surface area contributed by atoms with E-state index in [-0.39, 0.29) is 12.5 Å². The third-order valence-electron chi connectivity index (χ3n) is 4.97. The summed E-state index contributed by atoms with van der Waals surface area (Å²) in [7, 11) is 0. The van der Waals surface area contributed by atoms with Gasteiger partial charge in [-0.3, -0.25) is 4.79 Å². The molecule has 1 amide bonds. The molecule has 1 saturated heterocycles. The number of carbonyl (C=O) groups is 1. The van der Waals surface area contributed by atoms with Crippen LogP contribution in [0.4, 0.5) is 0 Å². The number of ether oxygens (including phenoxy) is 1. The Morgan fingerprint density at radius 1 is 1.31 bits per heavy atom. The van der Waals surface area contributed by atoms with Crippen molar-refractivity contribution >= 4 is 5.91 Å². The first-order chi connectivity index (χ1) is 12.7. The summed E-state index contributed by atoms with van der Waals surface area (Å²) in [5, 5.41) is 9.28. The molecule has 3 rings (SSSR count). The van der Waals surface area contributed by atoms with Gasteiger partial charge in [0.2, 0.25) is 0 Å². The number of aromatic nitrogens is 2. The van der Waals surface area contributed by atoms with E-state index in [0.29, 0.717) is 43.5 Å². The molecule has 1 aliphatic rings. The minimum Gasteiger partial charge on any atom is -0.493 e. The van der Waals surface area contributed by atoms with Gasteiger partial charge < -0.3 is 19.3 Å². The summed E-state index contributed by atoms with van der Waals surface area (Å²) in [6.07, 6.45) is 3.62. The highest BCUT2D eigenvalue weighted by atomic mass is 16.5. The monoisotopic (exact) mass is 357 g/mol. The van der Waals surface area contributed by atoms with E-state index in [4.69, 9.17) is 4.74 Å². The molecule has 1 N–H and O–H groups in total. The summed E-state index contributed by atoms with van der Waals surface area (Å²) < 4.78 is 7.69. The average Bonchev–Trinajstić information content (AvgIpc) is 3.03. The minimum absolute atomic E-state index is 0.0300. The van der Waals surface area contributed by atoms with Crippen LogP contribution in [0, 0.1) is 6.92 Å². The smallest absolute Gasteiger partial charge is 0.257 e. The molecule has 1 fully saturated rings. The van der Waals surface area contributed by atoms with Crippen molar-refractivity contribution < 1.29 is 14.6 Å². The maximum absolute atomic E-state index is 12.9. The molecular formula is C20H27N3O3. The van der Waals surface area contributed by atoms with Crippen molar-refractivity contribution in [2.75, 3.05) is 26.3 Å². The quantitative estimate of drug-likeness (QED) is 0.863. The molecule has 6 nitrogen and oxygen atoms in total. The number of aryl methyl sites for hydroxylation is 1. The zero-order chi connectivity index (χ0) is 18.5. The third kappa shape index (κ3) is 3.75. The van der Waals surface area contributed by atoms with Crippen molar-refractivity contribution in [2.45, 2.75) is 39.2 Å². The number of likely N-dealkylation sites (tertiary alicyclic amines) is 1. The number of carbonyl (C=O) groups excluding carboxylic acids is 1. The summed E-state index contributed by atoms with van der Waals surface area (Å²) in [6, 6.07) is 7.43. The number of benzene rings is 1. The van der Waals surface area contributed by atoms with Crippen LogP contribution in [0.2, 0.25) is 0 Å². The number of imidazole rings is 1. The summed E-state index contributed by atoms with van der Waals surface area (Å²) in [6.45, 7) is 6.56. The maximum Gasteiger partial charge on any atom is 0.257 e. The van der Waals surface area contributed by atoms with E-state index in [1.807, 2.05) is 49.2 Å². The van der Waals surface area contributed by atoms with E-state index in [9.17, 15) is 9.90 Å². The number of amides is 1. The highest BCUT2D eigenvalue weighted by Crippen LogP contribution is 2.29. The fourth-order valence-electron chi connectivity index (χ4n) is 3.63. The minimum atomic E-state index is 0.0300. The lowest BCUT2D eigenvalue weighted by atomic mass is 9.95. The van der Waals surface area contributed by atoms with E-state index < -0.39 is 0 Å². The zero-order valence-corrected chi connectivity index (χ0v) is 15.5. The van der Waals surface area contributed by atoms with Crippen LogP contribution in [0.15, 0.2) is 30.5 Å². The Labute approximate surface area is 154 Å². The molecule has 0 spiro atoms. The summed E-state index contributed by atoms with van der Waals surface area (Å²) >= 11 is 0. The Morgan fingerprint density at radius 2 is 2.04 bits per heavy atom. The Kier molecular flexibility index (Phi) is 5.93. The summed E-state index contributed by atoms with van der Waals surface area (Å²) in [5.41, 5.74) is 1.70. The second-order valence-electron chi connectivity index (χ2n) is 6.63. The molecule has 6 heteroatoms. The van der Waals surface area contributed by atoms with Crippen LogP contribution in [0.25, 0.3) is 0 Å². The van der Waals surface area contributed by atoms with Crippen LogP contribution in [0.3, 0.4) is 0 Å². The molecule has 2 aromatic rings. The van der Waals surface area contributed by atoms with E-state index in [1.165, 1.54) is 0 Å². The first-order valence-corrected chi connectivity index (χ1v) is 9.29. The molecule has 26 heavy (non-hydrogen) atoms. The van der Waals surface area contributed by atoms with Gasteiger partial charge >= 0.3 is 0 Å². The van der Waals surface area contributed by atoms with E-state index >= 15 is 0 Å². The molecule has 0 unspecified atom stereocenters. The Bertz CT molecular complexity index is 749. The van der Waals surface area contributed by atoms with Gasteiger partial charge in [0, 0.05) is 37.4 Å². The number of rotatable bonds is 6. The maximum atomic E-state index is 12.9. The van der Waals surface area contributed by atoms with Crippen LogP contribution >= 0.6 is 0 Å². The Morgan fingerprint density at radius 3 is 2.73 bits per heavy atom. The Balaban J connectivity index is 1.68. The van der Waals surface area contributed by atoms with Gasteiger partial charge in [-0.25, -0.2) is 4.98 Å². The number of nitrogens with zero attached hydrogens (tertiary/aromatic N) is 3. The van der Waals surface area contributed by atoms with Crippen molar-refractivity contribution in [3.63, 3.8) is 0 Å². The number of piperidine rings is 1. The van der Waals surface area contributed by atoms with Gasteiger partial charge in [-0.1, -0.05) is 12.1 Å². The molecule has 140 valence electrons. The molecule has 2 heterocycles. The van der Waals surface area contributed by atoms with Gasteiger partial charge in [-0.2, -0.15) is 0 Å². The summed E-state index contributed by atoms with van der Waals surface area (Å²) in [4.78, 5) is 19.4. The van der Waals surface area contributed by atoms with Gasteiger partial charge in [-0.05, 0) is 38.8 Å². The predicted molar refractivity (Wildman–Crippen MR) is 99.5 cm³/mol. The average molecular weight is 357 g/mol. The highest BCUT2D eigenvalue weighted by molar-refractivity contribution is 5.97. The fourth-order valence-corrected chi connectivity index (χ4v) is 3.63. The van der Waals surface area contributed by atoms with Crippen LogP contribution in [0.5, 0.6) is 5.75 Å². The van der Waals surface area contributed by atoms with E-state index in [0.717, 1.165) is 24.4 Å². The highest BCUT2D eigenvalue weighted by Gasteiger charge is 2.28. The van der Waals surface area contributed by atoms with Crippen molar-refractivity contribution in [1.82, 2.24) is 14.5 Å². The predicted octanol–water partition coefficient (Wildman–Crippen LogP) is 2.60. The lowest BCUT2D eigenvalue weighted by molar-refractivity contribution is 0.0706. The molecular weight excluding hydrogens is 330 g/mol.